The lowest BCUT2D eigenvalue weighted by Crippen LogP contribution is -2.27. The third-order valence-corrected chi connectivity index (χ3v) is 2.63. The molecule has 2 rings (SSSR count). The molecule has 2 aromatic rings. The van der Waals surface area contributed by atoms with Crippen LogP contribution in [0.15, 0.2) is 16.7 Å². The van der Waals surface area contributed by atoms with Crippen LogP contribution in [0, 0.1) is 13.8 Å². The van der Waals surface area contributed by atoms with Crippen LogP contribution in [0.2, 0.25) is 0 Å². The number of methoxy groups -OCH3 is 1. The summed E-state index contributed by atoms with van der Waals surface area (Å²) in [5, 5.41) is 10.6. The Kier molecular flexibility index (Phi) is 3.84. The van der Waals surface area contributed by atoms with Crippen molar-refractivity contribution in [1.29, 1.82) is 0 Å². The first-order valence-electron chi connectivity index (χ1n) is 5.90. The van der Waals surface area contributed by atoms with Gasteiger partial charge in [0.2, 0.25) is 5.76 Å². The van der Waals surface area contributed by atoms with Crippen molar-refractivity contribution < 1.29 is 14.1 Å². The maximum Gasteiger partial charge on any atom is 0.290 e. The molecule has 0 aliphatic heterocycles. The average Bonchev–Trinajstić information content (AvgIpc) is 2.96. The minimum Gasteiger partial charge on any atom is -0.479 e. The smallest absolute Gasteiger partial charge is 0.290 e. The van der Waals surface area contributed by atoms with E-state index >= 15 is 0 Å². The van der Waals surface area contributed by atoms with Gasteiger partial charge in [-0.2, -0.15) is 5.10 Å². The van der Waals surface area contributed by atoms with Crippen molar-refractivity contribution in [2.24, 2.45) is 0 Å². The van der Waals surface area contributed by atoms with Crippen molar-refractivity contribution in [1.82, 2.24) is 20.3 Å². The fourth-order valence-corrected chi connectivity index (χ4v) is 1.73. The molecule has 1 amide bonds. The van der Waals surface area contributed by atoms with E-state index in [0.717, 1.165) is 11.4 Å². The molecular weight excluding hydrogens is 248 g/mol. The molecule has 19 heavy (non-hydrogen) atoms. The zero-order valence-electron chi connectivity index (χ0n) is 11.1. The lowest BCUT2D eigenvalue weighted by Gasteiger charge is -2.05. The topological polar surface area (TPSA) is 82.2 Å². The average molecular weight is 264 g/mol. The molecule has 0 fully saturated rings. The molecule has 0 atom stereocenters. The molecule has 102 valence electrons. The quantitative estimate of drug-likeness (QED) is 0.868. The van der Waals surface area contributed by atoms with Crippen LogP contribution in [-0.2, 0) is 6.54 Å². The first-order chi connectivity index (χ1) is 9.10. The first kappa shape index (κ1) is 13.1. The van der Waals surface area contributed by atoms with Crippen LogP contribution in [0.4, 0.5) is 0 Å². The van der Waals surface area contributed by atoms with E-state index in [2.05, 4.69) is 15.6 Å². The minimum atomic E-state index is -0.322. The summed E-state index contributed by atoms with van der Waals surface area (Å²) < 4.78 is 11.5. The SMILES string of the molecule is COc1cc(C(=O)NCCn2nc(C)cc2C)on1. The van der Waals surface area contributed by atoms with Crippen LogP contribution >= 0.6 is 0 Å². The van der Waals surface area contributed by atoms with Crippen LogP contribution < -0.4 is 10.1 Å². The maximum atomic E-state index is 11.7. The molecule has 0 radical (unpaired) electrons. The van der Waals surface area contributed by atoms with Crippen molar-refractivity contribution in [3.63, 3.8) is 0 Å². The van der Waals surface area contributed by atoms with Crippen molar-refractivity contribution in [3.8, 4) is 5.88 Å². The number of carbonyl (C=O) groups is 1. The third-order valence-electron chi connectivity index (χ3n) is 2.63. The Hall–Kier alpha value is -2.31. The Morgan fingerprint density at radius 3 is 2.84 bits per heavy atom. The van der Waals surface area contributed by atoms with Gasteiger partial charge in [0.05, 0.1) is 25.4 Å². The Morgan fingerprint density at radius 1 is 1.47 bits per heavy atom. The second-order valence-electron chi connectivity index (χ2n) is 4.14. The molecular formula is C12H16N4O3. The number of aromatic nitrogens is 3. The molecule has 0 unspecified atom stereocenters. The highest BCUT2D eigenvalue weighted by molar-refractivity contribution is 5.91. The zero-order chi connectivity index (χ0) is 13.8. The molecule has 7 nitrogen and oxygen atoms in total. The van der Waals surface area contributed by atoms with Crippen LogP contribution in [0.25, 0.3) is 0 Å². The Morgan fingerprint density at radius 2 is 2.26 bits per heavy atom. The van der Waals surface area contributed by atoms with E-state index in [0.29, 0.717) is 13.1 Å². The second-order valence-corrected chi connectivity index (χ2v) is 4.14. The summed E-state index contributed by atoms with van der Waals surface area (Å²) >= 11 is 0. The van der Waals surface area contributed by atoms with Gasteiger partial charge in [-0.15, -0.1) is 0 Å². The summed E-state index contributed by atoms with van der Waals surface area (Å²) in [5.74, 6) is 0.0891. The molecule has 0 aliphatic rings. The van der Waals surface area contributed by atoms with Gasteiger partial charge in [0.15, 0.2) is 0 Å². The number of aryl methyl sites for hydroxylation is 2. The minimum absolute atomic E-state index is 0.130. The van der Waals surface area contributed by atoms with Crippen molar-refractivity contribution >= 4 is 5.91 Å². The van der Waals surface area contributed by atoms with Crippen LogP contribution in [0.3, 0.4) is 0 Å². The van der Waals surface area contributed by atoms with Gasteiger partial charge in [0.1, 0.15) is 0 Å². The lowest BCUT2D eigenvalue weighted by atomic mass is 10.4. The molecule has 1 N–H and O–H groups in total. The van der Waals surface area contributed by atoms with E-state index < -0.39 is 0 Å². The summed E-state index contributed by atoms with van der Waals surface area (Å²) in [5.41, 5.74) is 2.02. The zero-order valence-corrected chi connectivity index (χ0v) is 11.1. The van der Waals surface area contributed by atoms with Crippen LogP contribution in [0.1, 0.15) is 21.9 Å². The lowest BCUT2D eigenvalue weighted by molar-refractivity contribution is 0.0914. The van der Waals surface area contributed by atoms with Crippen molar-refractivity contribution in [2.45, 2.75) is 20.4 Å². The summed E-state index contributed by atoms with van der Waals surface area (Å²) in [4.78, 5) is 11.7. The number of amides is 1. The second kappa shape index (κ2) is 5.55. The Labute approximate surface area is 110 Å². The highest BCUT2D eigenvalue weighted by Gasteiger charge is 2.12. The predicted molar refractivity (Wildman–Crippen MR) is 67.1 cm³/mol. The molecule has 0 aromatic carbocycles. The highest BCUT2D eigenvalue weighted by atomic mass is 16.5. The van der Waals surface area contributed by atoms with E-state index in [1.165, 1.54) is 13.2 Å². The van der Waals surface area contributed by atoms with E-state index in [-0.39, 0.29) is 17.5 Å². The predicted octanol–water partition coefficient (Wildman–Crippen LogP) is 0.927. The third kappa shape index (κ3) is 3.12. The normalized spacial score (nSPS) is 10.5. The number of ether oxygens (including phenoxy) is 1. The molecule has 0 saturated heterocycles. The van der Waals surface area contributed by atoms with Gasteiger partial charge in [-0.1, -0.05) is 0 Å². The van der Waals surface area contributed by atoms with E-state index in [4.69, 9.17) is 9.26 Å². The van der Waals surface area contributed by atoms with Gasteiger partial charge in [-0.25, -0.2) is 0 Å². The maximum absolute atomic E-state index is 11.7. The first-order valence-corrected chi connectivity index (χ1v) is 5.90. The molecule has 0 spiro atoms. The van der Waals surface area contributed by atoms with Crippen LogP contribution in [-0.4, -0.2) is 34.5 Å². The van der Waals surface area contributed by atoms with Gasteiger partial charge < -0.3 is 14.6 Å². The molecule has 0 saturated carbocycles. The highest BCUT2D eigenvalue weighted by Crippen LogP contribution is 2.09. The Bertz CT molecular complexity index is 573. The van der Waals surface area contributed by atoms with Gasteiger partial charge in [0, 0.05) is 12.2 Å². The van der Waals surface area contributed by atoms with E-state index in [1.54, 1.807) is 0 Å². The number of hydrogen-bond donors (Lipinski definition) is 1. The van der Waals surface area contributed by atoms with Crippen molar-refractivity contribution in [2.75, 3.05) is 13.7 Å². The van der Waals surface area contributed by atoms with Gasteiger partial charge >= 0.3 is 0 Å². The van der Waals surface area contributed by atoms with E-state index in [9.17, 15) is 4.79 Å². The number of hydrogen-bond acceptors (Lipinski definition) is 5. The molecule has 2 heterocycles. The Balaban J connectivity index is 1.85. The summed E-state index contributed by atoms with van der Waals surface area (Å²) in [7, 11) is 1.46. The summed E-state index contributed by atoms with van der Waals surface area (Å²) in [6.45, 7) is 4.98. The number of nitrogens with one attached hydrogen (secondary N) is 1. The largest absolute Gasteiger partial charge is 0.479 e. The molecule has 0 bridgehead atoms. The van der Waals surface area contributed by atoms with Gasteiger partial charge in [-0.3, -0.25) is 9.48 Å². The van der Waals surface area contributed by atoms with Crippen LogP contribution in [0.5, 0.6) is 5.88 Å². The monoisotopic (exact) mass is 264 g/mol. The summed E-state index contributed by atoms with van der Waals surface area (Å²) in [6.07, 6.45) is 0. The fourth-order valence-electron chi connectivity index (χ4n) is 1.73. The molecule has 2 aromatic heterocycles. The number of rotatable bonds is 5. The van der Waals surface area contributed by atoms with Gasteiger partial charge in [0.25, 0.3) is 11.8 Å². The standard InChI is InChI=1S/C12H16N4O3/c1-8-6-9(2)16(14-8)5-4-13-12(17)10-7-11(18-3)15-19-10/h6-7H,4-5H2,1-3H3,(H,13,17). The number of carbonyl (C=O) groups excluding carboxylic acids is 1. The van der Waals surface area contributed by atoms with E-state index in [1.807, 2.05) is 24.6 Å². The molecule has 7 heteroatoms. The molecule has 0 aliphatic carbocycles. The number of nitrogens with zero attached hydrogens (tertiary/aromatic N) is 3. The summed E-state index contributed by atoms with van der Waals surface area (Å²) in [6, 6.07) is 3.43. The van der Waals surface area contributed by atoms with Crippen molar-refractivity contribution in [3.05, 3.63) is 29.3 Å². The fraction of sp³-hybridized carbons (Fsp3) is 0.417. The van der Waals surface area contributed by atoms with Gasteiger partial charge in [-0.05, 0) is 25.1 Å².